The van der Waals surface area contributed by atoms with Crippen LogP contribution in [0.4, 0.5) is 4.39 Å². The normalized spacial score (nSPS) is 20.5. The van der Waals surface area contributed by atoms with Crippen LogP contribution in [0.3, 0.4) is 0 Å². The summed E-state index contributed by atoms with van der Waals surface area (Å²) < 4.78 is 22.6. The molecule has 0 radical (unpaired) electrons. The Morgan fingerprint density at radius 2 is 2.00 bits per heavy atom. The number of carbonyl (C=O) groups is 1. The zero-order valence-corrected chi connectivity index (χ0v) is 18.0. The van der Waals surface area contributed by atoms with E-state index in [0.29, 0.717) is 29.5 Å². The Morgan fingerprint density at radius 3 is 2.69 bits per heavy atom. The molecule has 3 aromatic rings. The second kappa shape index (κ2) is 8.39. The van der Waals surface area contributed by atoms with Crippen LogP contribution < -0.4 is 4.74 Å². The van der Waals surface area contributed by atoms with Crippen LogP contribution in [0.15, 0.2) is 48.8 Å². The summed E-state index contributed by atoms with van der Waals surface area (Å²) in [6.07, 6.45) is 6.82. The minimum absolute atomic E-state index is 0.178. The number of benzene rings is 2. The lowest BCUT2D eigenvalue weighted by molar-refractivity contribution is 0.0189. The van der Waals surface area contributed by atoms with Gasteiger partial charge in [-0.25, -0.2) is 9.07 Å². The number of fused-ring (bicyclic) bond motifs is 1. The number of aromatic nitrogens is 2. The summed E-state index contributed by atoms with van der Waals surface area (Å²) in [5.74, 6) is -0.504. The molecule has 32 heavy (non-hydrogen) atoms. The average Bonchev–Trinajstić information content (AvgIpc) is 3.44. The fourth-order valence-corrected chi connectivity index (χ4v) is 4.95. The van der Waals surface area contributed by atoms with Crippen molar-refractivity contribution in [1.82, 2.24) is 14.7 Å². The Kier molecular flexibility index (Phi) is 5.43. The van der Waals surface area contributed by atoms with Crippen molar-refractivity contribution >= 4 is 5.91 Å². The van der Waals surface area contributed by atoms with Crippen molar-refractivity contribution in [3.8, 4) is 11.4 Å². The number of rotatable bonds is 5. The molecule has 7 heteroatoms. The third kappa shape index (κ3) is 3.56. The predicted molar refractivity (Wildman–Crippen MR) is 117 cm³/mol. The van der Waals surface area contributed by atoms with E-state index in [-0.39, 0.29) is 24.2 Å². The molecule has 0 spiro atoms. The summed E-state index contributed by atoms with van der Waals surface area (Å²) >= 11 is 0. The van der Waals surface area contributed by atoms with Crippen molar-refractivity contribution in [3.63, 3.8) is 0 Å². The van der Waals surface area contributed by atoms with E-state index in [1.54, 1.807) is 21.8 Å². The Balaban J connectivity index is 1.44. The van der Waals surface area contributed by atoms with E-state index in [4.69, 9.17) is 4.74 Å². The maximum atomic E-state index is 15.4. The third-order valence-corrected chi connectivity index (χ3v) is 6.62. The second-order valence-electron chi connectivity index (χ2n) is 8.56. The fraction of sp³-hybridized carbons (Fsp3) is 0.360. The summed E-state index contributed by atoms with van der Waals surface area (Å²) in [6, 6.07) is 11.2. The zero-order chi connectivity index (χ0) is 22.2. The van der Waals surface area contributed by atoms with E-state index >= 15 is 4.39 Å². The first-order valence-electron chi connectivity index (χ1n) is 11.0. The number of amides is 1. The van der Waals surface area contributed by atoms with Crippen LogP contribution in [0.25, 0.3) is 5.69 Å². The van der Waals surface area contributed by atoms with Gasteiger partial charge < -0.3 is 14.7 Å². The highest BCUT2D eigenvalue weighted by Gasteiger charge is 2.39. The van der Waals surface area contributed by atoms with Gasteiger partial charge in [0.25, 0.3) is 5.91 Å². The number of hydrogen-bond acceptors (Lipinski definition) is 4. The van der Waals surface area contributed by atoms with Crippen LogP contribution in [0.2, 0.25) is 0 Å². The van der Waals surface area contributed by atoms with Gasteiger partial charge >= 0.3 is 0 Å². The molecule has 1 aliphatic heterocycles. The van der Waals surface area contributed by atoms with Gasteiger partial charge in [0.2, 0.25) is 0 Å². The second-order valence-corrected chi connectivity index (χ2v) is 8.56. The molecule has 1 saturated carbocycles. The SMILES string of the molecule is COc1c(Cc2ccc(-n3cccn3)cc2)cc2c(c1F)CN([C@@H]1CCCC[C@H]1O)C2=O. The van der Waals surface area contributed by atoms with Gasteiger partial charge in [0.05, 0.1) is 31.5 Å². The van der Waals surface area contributed by atoms with E-state index in [2.05, 4.69) is 5.10 Å². The lowest BCUT2D eigenvalue weighted by Gasteiger charge is -2.35. The Morgan fingerprint density at radius 1 is 1.22 bits per heavy atom. The molecule has 166 valence electrons. The number of methoxy groups -OCH3 is 1. The van der Waals surface area contributed by atoms with Crippen LogP contribution >= 0.6 is 0 Å². The van der Waals surface area contributed by atoms with Crippen molar-refractivity contribution in [2.24, 2.45) is 0 Å². The molecule has 1 amide bonds. The van der Waals surface area contributed by atoms with E-state index in [0.717, 1.165) is 30.5 Å². The van der Waals surface area contributed by atoms with Crippen molar-refractivity contribution < 1.29 is 19.0 Å². The summed E-state index contributed by atoms with van der Waals surface area (Å²) in [4.78, 5) is 14.8. The molecular formula is C25H26FN3O3. The summed E-state index contributed by atoms with van der Waals surface area (Å²) in [7, 11) is 1.45. The van der Waals surface area contributed by atoms with Crippen LogP contribution in [0, 0.1) is 5.82 Å². The lowest BCUT2D eigenvalue weighted by atomic mass is 9.91. The highest BCUT2D eigenvalue weighted by molar-refractivity contribution is 5.99. The van der Waals surface area contributed by atoms with Gasteiger partial charge in [0.1, 0.15) is 0 Å². The van der Waals surface area contributed by atoms with Crippen molar-refractivity contribution in [1.29, 1.82) is 0 Å². The van der Waals surface area contributed by atoms with Gasteiger partial charge in [-0.1, -0.05) is 25.0 Å². The first-order valence-corrected chi connectivity index (χ1v) is 11.0. The van der Waals surface area contributed by atoms with Crippen LogP contribution in [-0.2, 0) is 13.0 Å². The molecule has 0 saturated heterocycles. The summed E-state index contributed by atoms with van der Waals surface area (Å²) in [5.41, 5.74) is 3.29. The molecule has 2 aromatic carbocycles. The quantitative estimate of drug-likeness (QED) is 0.661. The van der Waals surface area contributed by atoms with E-state index < -0.39 is 11.9 Å². The number of hydrogen-bond donors (Lipinski definition) is 1. The number of aliphatic hydroxyl groups excluding tert-OH is 1. The molecule has 1 aliphatic carbocycles. The number of nitrogens with zero attached hydrogens (tertiary/aromatic N) is 3. The Labute approximate surface area is 186 Å². The van der Waals surface area contributed by atoms with Gasteiger partial charge in [0.15, 0.2) is 11.6 Å². The standard InChI is InChI=1S/C25H26FN3O3/c1-32-24-17(13-16-7-9-18(10-8-16)29-12-4-11-27-29)14-19-20(23(24)26)15-28(25(19)31)21-5-2-3-6-22(21)30/h4,7-12,14,21-22,30H,2-3,5-6,13,15H2,1H3/t21-,22-/m1/s1. The van der Waals surface area contributed by atoms with Crippen LogP contribution in [0.1, 0.15) is 52.7 Å². The molecule has 2 aliphatic rings. The number of aliphatic hydroxyl groups is 1. The zero-order valence-electron chi connectivity index (χ0n) is 18.0. The monoisotopic (exact) mass is 435 g/mol. The minimum atomic E-state index is -0.556. The number of halogens is 1. The fourth-order valence-electron chi connectivity index (χ4n) is 4.95. The highest BCUT2D eigenvalue weighted by Crippen LogP contribution is 2.38. The molecular weight excluding hydrogens is 409 g/mol. The van der Waals surface area contributed by atoms with Gasteiger partial charge in [-0.05, 0) is 42.7 Å². The minimum Gasteiger partial charge on any atom is -0.493 e. The van der Waals surface area contributed by atoms with Gasteiger partial charge in [0, 0.05) is 35.5 Å². The molecule has 6 nitrogen and oxygen atoms in total. The molecule has 2 heterocycles. The predicted octanol–water partition coefficient (Wildman–Crippen LogP) is 3.87. The van der Waals surface area contributed by atoms with E-state index in [1.165, 1.54) is 7.11 Å². The van der Waals surface area contributed by atoms with Gasteiger partial charge in [-0.2, -0.15) is 5.10 Å². The summed E-state index contributed by atoms with van der Waals surface area (Å²) in [5, 5.41) is 14.6. The van der Waals surface area contributed by atoms with E-state index in [1.807, 2.05) is 36.5 Å². The molecule has 0 unspecified atom stereocenters. The number of carbonyl (C=O) groups excluding carboxylic acids is 1. The average molecular weight is 435 g/mol. The first kappa shape index (κ1) is 20.7. The van der Waals surface area contributed by atoms with Crippen LogP contribution in [-0.4, -0.2) is 44.9 Å². The molecule has 5 rings (SSSR count). The lowest BCUT2D eigenvalue weighted by Crippen LogP contribution is -2.45. The number of ether oxygens (including phenoxy) is 1. The largest absolute Gasteiger partial charge is 0.493 e. The molecule has 1 aromatic heterocycles. The maximum Gasteiger partial charge on any atom is 0.254 e. The molecule has 2 atom stereocenters. The van der Waals surface area contributed by atoms with E-state index in [9.17, 15) is 9.90 Å². The van der Waals surface area contributed by atoms with Crippen LogP contribution in [0.5, 0.6) is 5.75 Å². The van der Waals surface area contributed by atoms with Gasteiger partial charge in [-0.15, -0.1) is 0 Å². The first-order chi connectivity index (χ1) is 15.6. The topological polar surface area (TPSA) is 67.6 Å². The molecule has 0 bridgehead atoms. The van der Waals surface area contributed by atoms with Crippen molar-refractivity contribution in [3.05, 3.63) is 76.9 Å². The third-order valence-electron chi connectivity index (χ3n) is 6.62. The smallest absolute Gasteiger partial charge is 0.254 e. The molecule has 1 N–H and O–H groups in total. The maximum absolute atomic E-state index is 15.4. The molecule has 1 fully saturated rings. The highest BCUT2D eigenvalue weighted by atomic mass is 19.1. The summed E-state index contributed by atoms with van der Waals surface area (Å²) in [6.45, 7) is 0.178. The Hall–Kier alpha value is -3.19. The Bertz CT molecular complexity index is 1130. The van der Waals surface area contributed by atoms with Crippen molar-refractivity contribution in [2.45, 2.75) is 50.8 Å². The van der Waals surface area contributed by atoms with Gasteiger partial charge in [-0.3, -0.25) is 4.79 Å². The van der Waals surface area contributed by atoms with Crippen molar-refractivity contribution in [2.75, 3.05) is 7.11 Å².